The highest BCUT2D eigenvalue weighted by atomic mass is 127. The molecule has 0 saturated carbocycles. The Morgan fingerprint density at radius 2 is 2.00 bits per heavy atom. The van der Waals surface area contributed by atoms with Crippen LogP contribution in [0.25, 0.3) is 0 Å². The molecular weight excluding hydrogens is 441 g/mol. The fourth-order valence-electron chi connectivity index (χ4n) is 2.71. The molecule has 0 atom stereocenters. The standard InChI is InChI=1S/C17H15BrINO/c18-14-5-1-3-12(9-14)11-20-16-8-7-15(19)10-13(16)4-2-6-17(20)21/h1,3,5,7-10H,2,4,6,11H2. The number of carbonyl (C=O) groups is 1. The van der Waals surface area contributed by atoms with Crippen molar-refractivity contribution in [3.8, 4) is 0 Å². The summed E-state index contributed by atoms with van der Waals surface area (Å²) >= 11 is 5.82. The largest absolute Gasteiger partial charge is 0.308 e. The van der Waals surface area contributed by atoms with Crippen LogP contribution in [0.3, 0.4) is 0 Å². The smallest absolute Gasteiger partial charge is 0.227 e. The monoisotopic (exact) mass is 455 g/mol. The Kier molecular flexibility index (Phi) is 4.64. The van der Waals surface area contributed by atoms with Crippen LogP contribution >= 0.6 is 38.5 Å². The lowest BCUT2D eigenvalue weighted by molar-refractivity contribution is -0.118. The number of benzene rings is 2. The van der Waals surface area contributed by atoms with Gasteiger partial charge in [0.1, 0.15) is 0 Å². The number of anilines is 1. The van der Waals surface area contributed by atoms with Crippen LogP contribution in [0.15, 0.2) is 46.9 Å². The molecule has 1 aliphatic heterocycles. The van der Waals surface area contributed by atoms with Gasteiger partial charge in [-0.25, -0.2) is 0 Å². The van der Waals surface area contributed by atoms with Gasteiger partial charge >= 0.3 is 0 Å². The highest BCUT2D eigenvalue weighted by Crippen LogP contribution is 2.30. The lowest BCUT2D eigenvalue weighted by atomic mass is 10.1. The minimum absolute atomic E-state index is 0.218. The summed E-state index contributed by atoms with van der Waals surface area (Å²) in [5.74, 6) is 0.218. The van der Waals surface area contributed by atoms with Crippen molar-refractivity contribution in [1.82, 2.24) is 0 Å². The van der Waals surface area contributed by atoms with Crippen LogP contribution in [0.5, 0.6) is 0 Å². The average Bonchev–Trinajstić information content (AvgIpc) is 2.59. The van der Waals surface area contributed by atoms with Crippen molar-refractivity contribution >= 4 is 50.1 Å². The van der Waals surface area contributed by atoms with Crippen molar-refractivity contribution in [1.29, 1.82) is 0 Å². The molecule has 0 unspecified atom stereocenters. The fraction of sp³-hybridized carbons (Fsp3) is 0.235. The molecule has 2 nitrogen and oxygen atoms in total. The third-order valence-corrected chi connectivity index (χ3v) is 4.86. The minimum atomic E-state index is 0.218. The molecule has 108 valence electrons. The van der Waals surface area contributed by atoms with E-state index >= 15 is 0 Å². The molecule has 21 heavy (non-hydrogen) atoms. The lowest BCUT2D eigenvalue weighted by Crippen LogP contribution is -2.29. The Labute approximate surface area is 146 Å². The molecule has 2 aromatic rings. The highest BCUT2D eigenvalue weighted by molar-refractivity contribution is 14.1. The Morgan fingerprint density at radius 1 is 1.14 bits per heavy atom. The van der Waals surface area contributed by atoms with Crippen LogP contribution in [0.4, 0.5) is 5.69 Å². The van der Waals surface area contributed by atoms with Gasteiger partial charge in [0.2, 0.25) is 5.91 Å². The van der Waals surface area contributed by atoms with E-state index in [0.29, 0.717) is 13.0 Å². The number of hydrogen-bond donors (Lipinski definition) is 0. The van der Waals surface area contributed by atoms with Crippen LogP contribution < -0.4 is 4.90 Å². The maximum atomic E-state index is 12.5. The predicted octanol–water partition coefficient (Wildman–Crippen LogP) is 4.92. The van der Waals surface area contributed by atoms with Crippen molar-refractivity contribution in [3.63, 3.8) is 0 Å². The summed E-state index contributed by atoms with van der Waals surface area (Å²) < 4.78 is 2.27. The molecule has 1 aliphatic rings. The molecule has 3 rings (SSSR count). The SMILES string of the molecule is O=C1CCCc2cc(I)ccc2N1Cc1cccc(Br)c1. The van der Waals surface area contributed by atoms with Crippen LogP contribution in [-0.2, 0) is 17.8 Å². The molecule has 0 N–H and O–H groups in total. The zero-order valence-electron chi connectivity index (χ0n) is 11.5. The first-order valence-electron chi connectivity index (χ1n) is 6.97. The van der Waals surface area contributed by atoms with Gasteiger partial charge in [0, 0.05) is 20.2 Å². The number of rotatable bonds is 2. The maximum Gasteiger partial charge on any atom is 0.227 e. The number of nitrogens with zero attached hydrogens (tertiary/aromatic N) is 1. The molecule has 0 bridgehead atoms. The van der Waals surface area contributed by atoms with Crippen LogP contribution in [0.2, 0.25) is 0 Å². The van der Waals surface area contributed by atoms with Gasteiger partial charge in [-0.2, -0.15) is 0 Å². The number of halogens is 2. The summed E-state index contributed by atoms with van der Waals surface area (Å²) in [6.45, 7) is 0.631. The second-order valence-electron chi connectivity index (χ2n) is 5.24. The van der Waals surface area contributed by atoms with Crippen molar-refractivity contribution in [2.75, 3.05) is 4.90 Å². The zero-order chi connectivity index (χ0) is 14.8. The van der Waals surface area contributed by atoms with Crippen LogP contribution in [0, 0.1) is 3.57 Å². The van der Waals surface area contributed by atoms with Gasteiger partial charge in [-0.1, -0.05) is 28.1 Å². The van der Waals surface area contributed by atoms with Crippen LogP contribution in [-0.4, -0.2) is 5.91 Å². The van der Waals surface area contributed by atoms with Crippen LogP contribution in [0.1, 0.15) is 24.0 Å². The second kappa shape index (κ2) is 6.48. The molecule has 1 heterocycles. The van der Waals surface area contributed by atoms with Gasteiger partial charge < -0.3 is 4.90 Å². The number of fused-ring (bicyclic) bond motifs is 1. The molecule has 0 aliphatic carbocycles. The maximum absolute atomic E-state index is 12.5. The van der Waals surface area contributed by atoms with E-state index in [1.165, 1.54) is 9.13 Å². The number of hydrogen-bond acceptors (Lipinski definition) is 1. The van der Waals surface area contributed by atoms with Gasteiger partial charge in [0.05, 0.1) is 6.54 Å². The van der Waals surface area contributed by atoms with Crippen molar-refractivity contribution in [2.24, 2.45) is 0 Å². The fourth-order valence-corrected chi connectivity index (χ4v) is 3.71. The Morgan fingerprint density at radius 3 is 2.81 bits per heavy atom. The van der Waals surface area contributed by atoms with Crippen molar-refractivity contribution in [2.45, 2.75) is 25.8 Å². The number of aryl methyl sites for hydroxylation is 1. The quantitative estimate of drug-likeness (QED) is 0.588. The molecule has 0 spiro atoms. The van der Waals surface area contributed by atoms with Crippen molar-refractivity contribution in [3.05, 3.63) is 61.6 Å². The molecule has 4 heteroatoms. The topological polar surface area (TPSA) is 20.3 Å². The molecular formula is C17H15BrINO. The summed E-state index contributed by atoms with van der Waals surface area (Å²) in [5, 5.41) is 0. The molecule has 0 aromatic heterocycles. The number of carbonyl (C=O) groups excluding carboxylic acids is 1. The van der Waals surface area contributed by atoms with E-state index in [-0.39, 0.29) is 5.91 Å². The highest BCUT2D eigenvalue weighted by Gasteiger charge is 2.22. The van der Waals surface area contributed by atoms with Gasteiger partial charge in [0.25, 0.3) is 0 Å². The summed E-state index contributed by atoms with van der Waals surface area (Å²) in [7, 11) is 0. The summed E-state index contributed by atoms with van der Waals surface area (Å²) in [4.78, 5) is 14.4. The van der Waals surface area contributed by atoms with E-state index in [2.05, 4.69) is 68.9 Å². The summed E-state index contributed by atoms with van der Waals surface area (Å²) in [6, 6.07) is 14.5. The van der Waals surface area contributed by atoms with E-state index in [9.17, 15) is 4.79 Å². The lowest BCUT2D eigenvalue weighted by Gasteiger charge is -2.23. The zero-order valence-corrected chi connectivity index (χ0v) is 15.2. The molecule has 2 aromatic carbocycles. The molecule has 0 radical (unpaired) electrons. The van der Waals surface area contributed by atoms with Crippen molar-refractivity contribution < 1.29 is 4.79 Å². The van der Waals surface area contributed by atoms with E-state index < -0.39 is 0 Å². The van der Waals surface area contributed by atoms with Gasteiger partial charge in [-0.15, -0.1) is 0 Å². The van der Waals surface area contributed by atoms with Gasteiger partial charge in [-0.3, -0.25) is 4.79 Å². The first kappa shape index (κ1) is 15.0. The minimum Gasteiger partial charge on any atom is -0.308 e. The second-order valence-corrected chi connectivity index (χ2v) is 7.40. The predicted molar refractivity (Wildman–Crippen MR) is 97.4 cm³/mol. The summed E-state index contributed by atoms with van der Waals surface area (Å²) in [5.41, 5.74) is 3.49. The van der Waals surface area contributed by atoms with Gasteiger partial charge in [0.15, 0.2) is 0 Å². The molecule has 1 amide bonds. The Bertz CT molecular complexity index is 686. The number of amides is 1. The van der Waals surface area contributed by atoms with E-state index in [4.69, 9.17) is 0 Å². The first-order valence-corrected chi connectivity index (χ1v) is 8.84. The average molecular weight is 456 g/mol. The molecule has 0 saturated heterocycles. The third kappa shape index (κ3) is 3.48. The Hall–Kier alpha value is -0.880. The van der Waals surface area contributed by atoms with Gasteiger partial charge in [-0.05, 0) is 76.9 Å². The Balaban J connectivity index is 1.98. The molecule has 0 fully saturated rings. The van der Waals surface area contributed by atoms with E-state index in [0.717, 1.165) is 28.6 Å². The first-order chi connectivity index (χ1) is 10.1. The summed E-state index contributed by atoms with van der Waals surface area (Å²) in [6.07, 6.45) is 2.53. The van der Waals surface area contributed by atoms with E-state index in [1.807, 2.05) is 17.0 Å². The normalized spacial score (nSPS) is 14.8. The third-order valence-electron chi connectivity index (χ3n) is 3.70. The van der Waals surface area contributed by atoms with E-state index in [1.54, 1.807) is 0 Å².